The Kier molecular flexibility index (Phi) is 5.43. The highest BCUT2D eigenvalue weighted by Crippen LogP contribution is 2.44. The number of carbonyl (C=O) groups excluding carboxylic acids is 1. The van der Waals surface area contributed by atoms with Crippen LogP contribution in [0.1, 0.15) is 28.5 Å². The Hall–Kier alpha value is -2.82. The summed E-state index contributed by atoms with van der Waals surface area (Å²) in [4.78, 5) is 14.6. The Bertz CT molecular complexity index is 1050. The molecule has 1 aliphatic heterocycles. The van der Waals surface area contributed by atoms with E-state index in [0.29, 0.717) is 24.7 Å². The monoisotopic (exact) mass is 433 g/mol. The third kappa shape index (κ3) is 3.71. The van der Waals surface area contributed by atoms with Crippen molar-refractivity contribution in [3.8, 4) is 11.1 Å². The maximum absolute atomic E-state index is 12.9. The van der Waals surface area contributed by atoms with Crippen molar-refractivity contribution in [1.29, 1.82) is 0 Å². The molecule has 0 aromatic heterocycles. The molecule has 0 saturated carbocycles. The molecule has 2 atom stereocenters. The topological polar surface area (TPSA) is 49.8 Å². The normalized spacial score (nSPS) is 19.9. The van der Waals surface area contributed by atoms with Crippen molar-refractivity contribution < 1.29 is 14.6 Å². The Labute approximate surface area is 187 Å². The van der Waals surface area contributed by atoms with Gasteiger partial charge in [0.1, 0.15) is 6.61 Å². The first-order valence-corrected chi connectivity index (χ1v) is 11.0. The lowest BCUT2D eigenvalue weighted by atomic mass is 9.90. The number of rotatable bonds is 4. The molecule has 1 fully saturated rings. The number of ether oxygens (including phenoxy) is 1. The van der Waals surface area contributed by atoms with Gasteiger partial charge >= 0.3 is 6.09 Å². The molecule has 1 amide bonds. The van der Waals surface area contributed by atoms with Crippen LogP contribution in [0.25, 0.3) is 11.1 Å². The average Bonchev–Trinajstić information content (AvgIpc) is 3.38. The number of amides is 1. The van der Waals surface area contributed by atoms with Gasteiger partial charge in [-0.25, -0.2) is 4.79 Å². The van der Waals surface area contributed by atoms with Crippen LogP contribution in [0.5, 0.6) is 0 Å². The first kappa shape index (κ1) is 20.1. The van der Waals surface area contributed by atoms with Gasteiger partial charge in [0.15, 0.2) is 0 Å². The van der Waals surface area contributed by atoms with E-state index in [4.69, 9.17) is 16.3 Å². The number of hydrogen-bond donors (Lipinski definition) is 1. The van der Waals surface area contributed by atoms with Gasteiger partial charge in [0.05, 0.1) is 0 Å². The van der Waals surface area contributed by atoms with Crippen molar-refractivity contribution in [3.63, 3.8) is 0 Å². The fourth-order valence-electron chi connectivity index (χ4n) is 4.98. The van der Waals surface area contributed by atoms with E-state index in [0.717, 1.165) is 5.56 Å². The number of carbonyl (C=O) groups is 1. The number of aliphatic hydroxyl groups is 1. The summed E-state index contributed by atoms with van der Waals surface area (Å²) in [5, 5.41) is 10.5. The molecule has 1 heterocycles. The molecule has 5 heteroatoms. The average molecular weight is 434 g/mol. The Morgan fingerprint density at radius 3 is 2.16 bits per heavy atom. The molecule has 3 aromatic rings. The van der Waals surface area contributed by atoms with E-state index < -0.39 is 0 Å². The molecule has 2 aliphatic rings. The van der Waals surface area contributed by atoms with Gasteiger partial charge in [-0.05, 0) is 39.9 Å². The first-order chi connectivity index (χ1) is 15.2. The second-order valence-corrected chi connectivity index (χ2v) is 8.75. The summed E-state index contributed by atoms with van der Waals surface area (Å²) in [5.41, 5.74) is 5.90. The Balaban J connectivity index is 1.30. The molecular weight excluding hydrogens is 410 g/mol. The predicted octanol–water partition coefficient (Wildman–Crippen LogP) is 5.30. The molecule has 31 heavy (non-hydrogen) atoms. The quantitative estimate of drug-likeness (QED) is 0.607. The number of nitrogens with zero attached hydrogens (tertiary/aromatic N) is 1. The fourth-order valence-corrected chi connectivity index (χ4v) is 5.10. The van der Waals surface area contributed by atoms with E-state index >= 15 is 0 Å². The van der Waals surface area contributed by atoms with Crippen molar-refractivity contribution in [2.45, 2.75) is 11.8 Å². The maximum Gasteiger partial charge on any atom is 0.409 e. The van der Waals surface area contributed by atoms with Crippen molar-refractivity contribution >= 4 is 17.7 Å². The van der Waals surface area contributed by atoms with Gasteiger partial charge in [0.25, 0.3) is 0 Å². The number of hydrogen-bond acceptors (Lipinski definition) is 3. The zero-order valence-corrected chi connectivity index (χ0v) is 17.8. The van der Waals surface area contributed by atoms with Crippen LogP contribution in [0.2, 0.25) is 5.02 Å². The van der Waals surface area contributed by atoms with Crippen LogP contribution in [0.4, 0.5) is 4.79 Å². The summed E-state index contributed by atoms with van der Waals surface area (Å²) in [6.45, 7) is 1.35. The number of likely N-dealkylation sites (tertiary alicyclic amines) is 1. The minimum absolute atomic E-state index is 0.0124. The molecule has 1 N–H and O–H groups in total. The fraction of sp³-hybridized carbons (Fsp3) is 0.269. The minimum atomic E-state index is -0.322. The first-order valence-electron chi connectivity index (χ1n) is 10.6. The summed E-state index contributed by atoms with van der Waals surface area (Å²) in [7, 11) is 0. The molecule has 4 nitrogen and oxygen atoms in total. The van der Waals surface area contributed by atoms with E-state index in [2.05, 4.69) is 24.3 Å². The number of benzene rings is 3. The molecule has 158 valence electrons. The SMILES string of the molecule is O=C(OCC1c2ccccc2-c2ccccc21)N1C[C@@H](CO)[C@H](c2ccc(Cl)cc2)C1. The highest BCUT2D eigenvalue weighted by molar-refractivity contribution is 6.30. The van der Waals surface area contributed by atoms with E-state index in [1.807, 2.05) is 48.5 Å². The minimum Gasteiger partial charge on any atom is -0.448 e. The van der Waals surface area contributed by atoms with E-state index in [-0.39, 0.29) is 30.5 Å². The van der Waals surface area contributed by atoms with Crippen LogP contribution in [0.3, 0.4) is 0 Å². The lowest BCUT2D eigenvalue weighted by molar-refractivity contribution is 0.105. The lowest BCUT2D eigenvalue weighted by Crippen LogP contribution is -2.31. The van der Waals surface area contributed by atoms with E-state index in [9.17, 15) is 9.90 Å². The second kappa shape index (κ2) is 8.37. The molecule has 5 rings (SSSR count). The molecule has 0 spiro atoms. The van der Waals surface area contributed by atoms with Crippen LogP contribution in [0.15, 0.2) is 72.8 Å². The molecule has 0 radical (unpaired) electrons. The van der Waals surface area contributed by atoms with E-state index in [1.54, 1.807) is 4.90 Å². The zero-order valence-electron chi connectivity index (χ0n) is 17.1. The zero-order chi connectivity index (χ0) is 21.4. The van der Waals surface area contributed by atoms with Crippen LogP contribution >= 0.6 is 11.6 Å². The van der Waals surface area contributed by atoms with Gasteiger partial charge < -0.3 is 14.7 Å². The van der Waals surface area contributed by atoms with Gasteiger partial charge in [-0.1, -0.05) is 72.3 Å². The van der Waals surface area contributed by atoms with Crippen molar-refractivity contribution in [1.82, 2.24) is 4.90 Å². The third-order valence-electron chi connectivity index (χ3n) is 6.57. The lowest BCUT2D eigenvalue weighted by Gasteiger charge is -2.19. The van der Waals surface area contributed by atoms with Crippen molar-refractivity contribution in [3.05, 3.63) is 94.5 Å². The smallest absolute Gasteiger partial charge is 0.409 e. The van der Waals surface area contributed by atoms with Gasteiger partial charge in [0, 0.05) is 42.5 Å². The summed E-state index contributed by atoms with van der Waals surface area (Å²) in [6.07, 6.45) is -0.322. The number of aliphatic hydroxyl groups excluding tert-OH is 1. The molecule has 0 unspecified atom stereocenters. The molecule has 1 aliphatic carbocycles. The van der Waals surface area contributed by atoms with Crippen LogP contribution < -0.4 is 0 Å². The van der Waals surface area contributed by atoms with Gasteiger partial charge in [-0.2, -0.15) is 0 Å². The summed E-state index contributed by atoms with van der Waals surface area (Å²) in [5.74, 6) is 0.101. The highest BCUT2D eigenvalue weighted by Gasteiger charge is 2.37. The molecule has 1 saturated heterocycles. The third-order valence-corrected chi connectivity index (χ3v) is 6.82. The summed E-state index contributed by atoms with van der Waals surface area (Å²) < 4.78 is 5.80. The summed E-state index contributed by atoms with van der Waals surface area (Å²) >= 11 is 6.01. The summed E-state index contributed by atoms with van der Waals surface area (Å²) in [6, 6.07) is 24.3. The highest BCUT2D eigenvalue weighted by atomic mass is 35.5. The standard InChI is InChI=1S/C26H24ClNO3/c27-19-11-9-17(10-12-19)24-14-28(13-18(24)15-29)26(30)31-16-25-22-7-3-1-5-20(22)21-6-2-4-8-23(21)25/h1-12,18,24-25,29H,13-16H2/t18-,24-/m0/s1. The van der Waals surface area contributed by atoms with Crippen LogP contribution in [0, 0.1) is 5.92 Å². The maximum atomic E-state index is 12.9. The molecule has 0 bridgehead atoms. The van der Waals surface area contributed by atoms with Crippen LogP contribution in [-0.2, 0) is 4.74 Å². The largest absolute Gasteiger partial charge is 0.448 e. The number of fused-ring (bicyclic) bond motifs is 3. The van der Waals surface area contributed by atoms with Gasteiger partial charge in [-0.15, -0.1) is 0 Å². The van der Waals surface area contributed by atoms with Crippen LogP contribution in [-0.4, -0.2) is 42.4 Å². The Morgan fingerprint density at radius 2 is 1.55 bits per heavy atom. The van der Waals surface area contributed by atoms with Crippen molar-refractivity contribution in [2.24, 2.45) is 5.92 Å². The number of halogens is 1. The Morgan fingerprint density at radius 1 is 0.935 bits per heavy atom. The van der Waals surface area contributed by atoms with Gasteiger partial charge in [-0.3, -0.25) is 0 Å². The molecule has 3 aromatic carbocycles. The second-order valence-electron chi connectivity index (χ2n) is 8.31. The van der Waals surface area contributed by atoms with E-state index in [1.165, 1.54) is 22.3 Å². The molecular formula is C26H24ClNO3. The van der Waals surface area contributed by atoms with Crippen molar-refractivity contribution in [2.75, 3.05) is 26.3 Å². The van der Waals surface area contributed by atoms with Gasteiger partial charge in [0.2, 0.25) is 0 Å². The predicted molar refractivity (Wildman–Crippen MR) is 121 cm³/mol.